The van der Waals surface area contributed by atoms with Crippen LogP contribution in [0.5, 0.6) is 0 Å². The topological polar surface area (TPSA) is 40.9 Å². The molecular weight excluding hydrogens is 130 g/mol. The van der Waals surface area contributed by atoms with Gasteiger partial charge in [-0.3, -0.25) is 9.57 Å². The average Bonchev–Trinajstić information content (AvgIpc) is 1.65. The Hall–Kier alpha value is 0.170. The van der Waals surface area contributed by atoms with Crippen molar-refractivity contribution in [3.63, 3.8) is 0 Å². The molecule has 0 saturated carbocycles. The van der Waals surface area contributed by atoms with Gasteiger partial charge in [0.25, 0.3) is 4.45 Å². The maximum absolute atomic E-state index is 10.3. The zero-order chi connectivity index (χ0) is 5.86. The average molecular weight is 137 g/mol. The van der Waals surface area contributed by atoms with Crippen molar-refractivity contribution in [3.8, 4) is 0 Å². The van der Waals surface area contributed by atoms with E-state index in [1.54, 1.807) is 12.5 Å². The van der Waals surface area contributed by atoms with Crippen LogP contribution in [-0.2, 0) is 10.7 Å². The van der Waals surface area contributed by atoms with Crippen LogP contribution in [0.3, 0.4) is 0 Å². The minimum atomic E-state index is -0.786. The zero-order valence-corrected chi connectivity index (χ0v) is 5.86. The molecule has 7 heavy (non-hydrogen) atoms. The van der Waals surface area contributed by atoms with Gasteiger partial charge in [0.2, 0.25) is 0 Å². The van der Waals surface area contributed by atoms with Crippen LogP contribution < -0.4 is 0 Å². The number of carbonyl (C=O) groups excluding carboxylic acids is 1. The van der Waals surface area contributed by atoms with E-state index in [0.29, 0.717) is 0 Å². The molecule has 1 unspecified atom stereocenters. The molecule has 0 heterocycles. The molecule has 0 radical (unpaired) electrons. The molecule has 0 aromatic heterocycles. The molecule has 0 aliphatic rings. The first kappa shape index (κ1) is 7.17. The molecule has 0 aromatic rings. The van der Waals surface area contributed by atoms with Gasteiger partial charge in [0.05, 0.1) is 0 Å². The van der Waals surface area contributed by atoms with E-state index < -0.39 is 10.7 Å². The van der Waals surface area contributed by atoms with E-state index in [0.717, 1.165) is 11.8 Å². The maximum Gasteiger partial charge on any atom is 0.255 e. The Morgan fingerprint density at radius 1 is 1.86 bits per heavy atom. The molecule has 1 N–H and O–H groups in total. The number of thioether (sulfide) groups is 1. The lowest BCUT2D eigenvalue weighted by molar-refractivity contribution is 0.276. The summed E-state index contributed by atoms with van der Waals surface area (Å²) in [5.41, 5.74) is 0. The molecule has 0 saturated heterocycles. The highest BCUT2D eigenvalue weighted by atomic mass is 32.2. The van der Waals surface area contributed by atoms with Gasteiger partial charge in [0.15, 0.2) is 0 Å². The highest BCUT2D eigenvalue weighted by Gasteiger charge is 1.95. The van der Waals surface area contributed by atoms with E-state index in [1.807, 2.05) is 0 Å². The van der Waals surface area contributed by atoms with E-state index >= 15 is 0 Å². The highest BCUT2D eigenvalue weighted by molar-refractivity contribution is 8.32. The van der Waals surface area contributed by atoms with Crippen molar-refractivity contribution in [2.45, 2.75) is 0 Å². The minimum Gasteiger partial charge on any atom is -0.273 e. The van der Waals surface area contributed by atoms with Crippen molar-refractivity contribution in [3.05, 3.63) is 0 Å². The Kier molecular flexibility index (Phi) is 3.29. The molecule has 0 spiro atoms. The number of carbonyl (C=O) groups is 1. The van der Waals surface area contributed by atoms with E-state index in [1.165, 1.54) is 0 Å². The predicted octanol–water partition coefficient (Wildman–Crippen LogP) is 1.48. The van der Waals surface area contributed by atoms with Crippen LogP contribution in [0.15, 0.2) is 0 Å². The lowest BCUT2D eigenvalue weighted by Gasteiger charge is -1.87. The molecule has 0 amide bonds. The van der Waals surface area contributed by atoms with Crippen LogP contribution in [0.4, 0.5) is 4.79 Å². The summed E-state index contributed by atoms with van der Waals surface area (Å²) in [4.78, 5) is 10.3. The second kappa shape index (κ2) is 3.21. The van der Waals surface area contributed by atoms with Crippen LogP contribution in [-0.4, -0.2) is 17.0 Å². The lowest BCUT2D eigenvalue weighted by atomic mass is 11.8. The first-order valence-electron chi connectivity index (χ1n) is 1.63. The zero-order valence-electron chi connectivity index (χ0n) is 4.22. The SMILES string of the molecule is CSC(=O)S(C)=N. The Morgan fingerprint density at radius 3 is 2.29 bits per heavy atom. The highest BCUT2D eigenvalue weighted by Crippen LogP contribution is 1.99. The maximum atomic E-state index is 10.3. The number of rotatable bonds is 0. The number of nitrogens with one attached hydrogen (secondary N) is 1. The summed E-state index contributed by atoms with van der Waals surface area (Å²) < 4.78 is 6.80. The molecule has 0 aliphatic carbocycles. The molecule has 0 aromatic carbocycles. The summed E-state index contributed by atoms with van der Waals surface area (Å²) in [6.45, 7) is 0. The molecule has 0 bridgehead atoms. The van der Waals surface area contributed by atoms with Crippen LogP contribution >= 0.6 is 11.8 Å². The van der Waals surface area contributed by atoms with Gasteiger partial charge in [0, 0.05) is 6.26 Å². The summed E-state index contributed by atoms with van der Waals surface area (Å²) in [5.74, 6) is 0. The van der Waals surface area contributed by atoms with Crippen LogP contribution in [0.1, 0.15) is 0 Å². The second-order valence-electron chi connectivity index (χ2n) is 0.964. The first-order valence-corrected chi connectivity index (χ1v) is 4.49. The summed E-state index contributed by atoms with van der Waals surface area (Å²) in [6, 6.07) is 0. The van der Waals surface area contributed by atoms with Crippen LogP contribution in [0, 0.1) is 4.78 Å². The van der Waals surface area contributed by atoms with Crippen molar-refractivity contribution >= 4 is 26.9 Å². The fraction of sp³-hybridized carbons (Fsp3) is 0.667. The quantitative estimate of drug-likeness (QED) is 0.549. The van der Waals surface area contributed by atoms with Gasteiger partial charge in [-0.25, -0.2) is 0 Å². The molecular formula is C3H7NOS2. The van der Waals surface area contributed by atoms with Gasteiger partial charge < -0.3 is 0 Å². The minimum absolute atomic E-state index is 0.0417. The summed E-state index contributed by atoms with van der Waals surface area (Å²) in [5, 5.41) is 0. The molecule has 0 rings (SSSR count). The third-order valence-electron chi connectivity index (χ3n) is 0.417. The van der Waals surface area contributed by atoms with Crippen molar-refractivity contribution in [1.82, 2.24) is 0 Å². The van der Waals surface area contributed by atoms with Gasteiger partial charge in [-0.2, -0.15) is 0 Å². The van der Waals surface area contributed by atoms with Crippen LogP contribution in [0.2, 0.25) is 0 Å². The van der Waals surface area contributed by atoms with Gasteiger partial charge in [-0.15, -0.1) is 0 Å². The third kappa shape index (κ3) is 2.82. The molecule has 0 aliphatic heterocycles. The fourth-order valence-electron chi connectivity index (χ4n) is 0.125. The molecule has 42 valence electrons. The van der Waals surface area contributed by atoms with Gasteiger partial charge in [-0.05, 0) is 16.9 Å². The van der Waals surface area contributed by atoms with E-state index in [9.17, 15) is 4.79 Å². The summed E-state index contributed by atoms with van der Waals surface area (Å²) in [7, 11) is -0.786. The van der Waals surface area contributed by atoms with Gasteiger partial charge >= 0.3 is 0 Å². The molecule has 0 fully saturated rings. The van der Waals surface area contributed by atoms with Gasteiger partial charge in [-0.1, -0.05) is 11.8 Å². The van der Waals surface area contributed by atoms with E-state index in [-0.39, 0.29) is 4.45 Å². The fourth-order valence-corrected chi connectivity index (χ4v) is 1.12. The van der Waals surface area contributed by atoms with Crippen molar-refractivity contribution in [2.24, 2.45) is 0 Å². The summed E-state index contributed by atoms with van der Waals surface area (Å²) >= 11 is 1.12. The Bertz CT molecular complexity index is 101. The number of hydrogen-bond acceptors (Lipinski definition) is 3. The van der Waals surface area contributed by atoms with Gasteiger partial charge in [0.1, 0.15) is 0 Å². The Balaban J connectivity index is 3.58. The Morgan fingerprint density at radius 2 is 2.29 bits per heavy atom. The molecule has 4 heteroatoms. The standard InChI is InChI=1S/C3H7NOS2/c1-6-3(5)7(2)4/h4H,1-2H3. The first-order chi connectivity index (χ1) is 3.18. The van der Waals surface area contributed by atoms with Crippen molar-refractivity contribution in [1.29, 1.82) is 4.78 Å². The predicted molar refractivity (Wildman–Crippen MR) is 34.9 cm³/mol. The van der Waals surface area contributed by atoms with E-state index in [4.69, 9.17) is 4.78 Å². The second-order valence-corrected chi connectivity index (χ2v) is 3.39. The van der Waals surface area contributed by atoms with Crippen molar-refractivity contribution in [2.75, 3.05) is 12.5 Å². The molecule has 1 atom stereocenters. The normalized spacial score (nSPS) is 13.4. The monoisotopic (exact) mass is 137 g/mol. The largest absolute Gasteiger partial charge is 0.273 e. The van der Waals surface area contributed by atoms with E-state index in [2.05, 4.69) is 0 Å². The lowest BCUT2D eigenvalue weighted by Crippen LogP contribution is -1.92. The number of hydrogen-bond donors (Lipinski definition) is 1. The Labute approximate surface area is 49.6 Å². The summed E-state index contributed by atoms with van der Waals surface area (Å²) in [6.07, 6.45) is 3.29. The molecule has 2 nitrogen and oxygen atoms in total. The van der Waals surface area contributed by atoms with Crippen molar-refractivity contribution < 1.29 is 4.79 Å². The van der Waals surface area contributed by atoms with Crippen LogP contribution in [0.25, 0.3) is 0 Å². The third-order valence-corrected chi connectivity index (χ3v) is 2.50. The smallest absolute Gasteiger partial charge is 0.255 e.